The van der Waals surface area contributed by atoms with E-state index in [2.05, 4.69) is 15.1 Å². The van der Waals surface area contributed by atoms with Crippen LogP contribution in [0.3, 0.4) is 0 Å². The number of nitrogens with zero attached hydrogens (tertiary/aromatic N) is 3. The SMILES string of the molecule is O=C(CSc1ccncc1)OCc1nc(-c2ccc3c(c2)OCO3)no1. The Morgan fingerprint density at radius 3 is 2.88 bits per heavy atom. The summed E-state index contributed by atoms with van der Waals surface area (Å²) in [7, 11) is 0. The normalized spacial score (nSPS) is 12.2. The van der Waals surface area contributed by atoms with Crippen LogP contribution >= 0.6 is 11.8 Å². The van der Waals surface area contributed by atoms with Gasteiger partial charge in [0.2, 0.25) is 12.6 Å². The molecule has 0 aliphatic carbocycles. The minimum Gasteiger partial charge on any atom is -0.455 e. The summed E-state index contributed by atoms with van der Waals surface area (Å²) in [6, 6.07) is 9.01. The molecule has 8 nitrogen and oxygen atoms in total. The summed E-state index contributed by atoms with van der Waals surface area (Å²) in [6.45, 7) is 0.122. The zero-order valence-corrected chi connectivity index (χ0v) is 14.3. The third-order valence-electron chi connectivity index (χ3n) is 3.46. The first kappa shape index (κ1) is 16.4. The maximum atomic E-state index is 11.8. The van der Waals surface area contributed by atoms with Crippen molar-refractivity contribution in [2.45, 2.75) is 11.5 Å². The van der Waals surface area contributed by atoms with Gasteiger partial charge in [-0.05, 0) is 30.3 Å². The number of hydrogen-bond donors (Lipinski definition) is 0. The molecule has 0 fully saturated rings. The Morgan fingerprint density at radius 1 is 1.15 bits per heavy atom. The molecule has 0 N–H and O–H groups in total. The molecule has 0 saturated heterocycles. The number of hydrogen-bond acceptors (Lipinski definition) is 9. The average molecular weight is 371 g/mol. The van der Waals surface area contributed by atoms with Crippen LogP contribution < -0.4 is 9.47 Å². The van der Waals surface area contributed by atoms with E-state index in [0.717, 1.165) is 10.5 Å². The Morgan fingerprint density at radius 2 is 2.00 bits per heavy atom. The molecular formula is C17H13N3O5S. The lowest BCUT2D eigenvalue weighted by atomic mass is 10.2. The fourth-order valence-corrected chi connectivity index (χ4v) is 2.91. The van der Waals surface area contributed by atoms with Gasteiger partial charge < -0.3 is 18.7 Å². The summed E-state index contributed by atoms with van der Waals surface area (Å²) in [5, 5.41) is 3.90. The second-order valence-corrected chi connectivity index (χ2v) is 6.26. The van der Waals surface area contributed by atoms with E-state index >= 15 is 0 Å². The van der Waals surface area contributed by atoms with E-state index in [1.165, 1.54) is 11.8 Å². The molecule has 0 atom stereocenters. The minimum atomic E-state index is -0.366. The highest BCUT2D eigenvalue weighted by molar-refractivity contribution is 8.00. The van der Waals surface area contributed by atoms with Crippen molar-refractivity contribution >= 4 is 17.7 Å². The van der Waals surface area contributed by atoms with Gasteiger partial charge in [-0.15, -0.1) is 11.8 Å². The van der Waals surface area contributed by atoms with Gasteiger partial charge in [0.25, 0.3) is 5.89 Å². The van der Waals surface area contributed by atoms with Crippen LogP contribution in [0.1, 0.15) is 5.89 Å². The van der Waals surface area contributed by atoms with Gasteiger partial charge in [-0.25, -0.2) is 0 Å². The smallest absolute Gasteiger partial charge is 0.316 e. The van der Waals surface area contributed by atoms with Crippen LogP contribution in [0.5, 0.6) is 11.5 Å². The van der Waals surface area contributed by atoms with Gasteiger partial charge >= 0.3 is 5.97 Å². The van der Waals surface area contributed by atoms with Crippen LogP contribution in [0.2, 0.25) is 0 Å². The summed E-state index contributed by atoms with van der Waals surface area (Å²) in [5.74, 6) is 1.74. The fourth-order valence-electron chi connectivity index (χ4n) is 2.23. The van der Waals surface area contributed by atoms with E-state index in [1.54, 1.807) is 30.6 Å². The van der Waals surface area contributed by atoms with E-state index in [4.69, 9.17) is 18.7 Å². The third-order valence-corrected chi connectivity index (χ3v) is 4.45. The molecule has 1 aromatic carbocycles. The lowest BCUT2D eigenvalue weighted by molar-refractivity contribution is -0.142. The largest absolute Gasteiger partial charge is 0.455 e. The third kappa shape index (κ3) is 3.77. The summed E-state index contributed by atoms with van der Waals surface area (Å²) in [5.41, 5.74) is 0.726. The first-order valence-corrected chi connectivity index (χ1v) is 8.67. The van der Waals surface area contributed by atoms with Crippen molar-refractivity contribution < 1.29 is 23.5 Å². The number of ether oxygens (including phenoxy) is 3. The summed E-state index contributed by atoms with van der Waals surface area (Å²) in [6.07, 6.45) is 3.34. The Bertz CT molecular complexity index is 916. The maximum absolute atomic E-state index is 11.8. The maximum Gasteiger partial charge on any atom is 0.316 e. The fraction of sp³-hybridized carbons (Fsp3) is 0.176. The van der Waals surface area contributed by atoms with Gasteiger partial charge in [0.05, 0.1) is 5.75 Å². The van der Waals surface area contributed by atoms with Crippen LogP contribution in [-0.4, -0.2) is 33.6 Å². The van der Waals surface area contributed by atoms with Crippen molar-refractivity contribution in [1.82, 2.24) is 15.1 Å². The standard InChI is InChI=1S/C17H13N3O5S/c21-16(9-26-12-3-5-18-6-4-12)22-8-15-19-17(20-25-15)11-1-2-13-14(7-11)24-10-23-13/h1-7H,8-10H2. The van der Waals surface area contributed by atoms with Crippen molar-refractivity contribution in [2.75, 3.05) is 12.5 Å². The first-order valence-electron chi connectivity index (χ1n) is 7.69. The van der Waals surface area contributed by atoms with E-state index < -0.39 is 0 Å². The molecule has 0 spiro atoms. The Kier molecular flexibility index (Phi) is 4.69. The summed E-state index contributed by atoms with van der Waals surface area (Å²) in [4.78, 5) is 20.9. The Hall–Kier alpha value is -3.07. The lowest BCUT2D eigenvalue weighted by Crippen LogP contribution is -2.07. The van der Waals surface area contributed by atoms with Gasteiger partial charge in [0, 0.05) is 22.9 Å². The lowest BCUT2D eigenvalue weighted by Gasteiger charge is -2.01. The molecule has 0 amide bonds. The quantitative estimate of drug-likeness (QED) is 0.478. The number of rotatable bonds is 6. The van der Waals surface area contributed by atoms with E-state index in [0.29, 0.717) is 17.3 Å². The van der Waals surface area contributed by atoms with Gasteiger partial charge in [0.15, 0.2) is 18.1 Å². The number of carbonyl (C=O) groups excluding carboxylic acids is 1. The van der Waals surface area contributed by atoms with Gasteiger partial charge in [-0.1, -0.05) is 5.16 Å². The number of fused-ring (bicyclic) bond motifs is 1. The molecule has 0 unspecified atom stereocenters. The predicted molar refractivity (Wildman–Crippen MR) is 90.6 cm³/mol. The number of carbonyl (C=O) groups is 1. The molecule has 3 aromatic rings. The van der Waals surface area contributed by atoms with Crippen molar-refractivity contribution in [3.05, 3.63) is 48.6 Å². The predicted octanol–water partition coefficient (Wildman–Crippen LogP) is 2.70. The summed E-state index contributed by atoms with van der Waals surface area (Å²) >= 11 is 1.37. The molecule has 0 radical (unpaired) electrons. The Balaban J connectivity index is 1.31. The van der Waals surface area contributed by atoms with Crippen molar-refractivity contribution in [1.29, 1.82) is 0 Å². The number of benzene rings is 1. The van der Waals surface area contributed by atoms with Crippen LogP contribution in [-0.2, 0) is 16.1 Å². The second kappa shape index (κ2) is 7.44. The first-order chi connectivity index (χ1) is 12.8. The number of thioether (sulfide) groups is 1. The molecule has 2 aromatic heterocycles. The monoisotopic (exact) mass is 371 g/mol. The molecule has 26 heavy (non-hydrogen) atoms. The molecule has 132 valence electrons. The van der Waals surface area contributed by atoms with Crippen molar-refractivity contribution in [3.63, 3.8) is 0 Å². The van der Waals surface area contributed by atoms with E-state index in [9.17, 15) is 4.79 Å². The molecule has 3 heterocycles. The van der Waals surface area contributed by atoms with Crippen molar-refractivity contribution in [3.8, 4) is 22.9 Å². The molecule has 1 aliphatic rings. The van der Waals surface area contributed by atoms with Gasteiger partial charge in [-0.2, -0.15) is 4.98 Å². The zero-order valence-electron chi connectivity index (χ0n) is 13.5. The second-order valence-electron chi connectivity index (χ2n) is 5.21. The topological polar surface area (TPSA) is 96.6 Å². The van der Waals surface area contributed by atoms with Gasteiger partial charge in [-0.3, -0.25) is 9.78 Å². The molecule has 0 saturated carbocycles. The Labute approximate surface area is 152 Å². The average Bonchev–Trinajstić information content (AvgIpc) is 3.34. The van der Waals surface area contributed by atoms with Crippen LogP contribution in [0, 0.1) is 0 Å². The number of aromatic nitrogens is 3. The van der Waals surface area contributed by atoms with Crippen LogP contribution in [0.4, 0.5) is 0 Å². The molecule has 4 rings (SSSR count). The highest BCUT2D eigenvalue weighted by Crippen LogP contribution is 2.35. The zero-order chi connectivity index (χ0) is 17.8. The molecular weight excluding hydrogens is 358 g/mol. The van der Waals surface area contributed by atoms with Crippen molar-refractivity contribution in [2.24, 2.45) is 0 Å². The minimum absolute atomic E-state index is 0.0761. The number of esters is 1. The molecule has 9 heteroatoms. The van der Waals surface area contributed by atoms with Crippen LogP contribution in [0.25, 0.3) is 11.4 Å². The van der Waals surface area contributed by atoms with Gasteiger partial charge in [0.1, 0.15) is 0 Å². The highest BCUT2D eigenvalue weighted by atomic mass is 32.2. The van der Waals surface area contributed by atoms with E-state index in [1.807, 2.05) is 12.1 Å². The van der Waals surface area contributed by atoms with Crippen LogP contribution in [0.15, 0.2) is 52.1 Å². The summed E-state index contributed by atoms with van der Waals surface area (Å²) < 4.78 is 20.9. The van der Waals surface area contributed by atoms with E-state index in [-0.39, 0.29) is 31.0 Å². The number of pyridine rings is 1. The highest BCUT2D eigenvalue weighted by Gasteiger charge is 2.17. The molecule has 1 aliphatic heterocycles. The molecule has 0 bridgehead atoms.